The highest BCUT2D eigenvalue weighted by atomic mass is 16.5. The van der Waals surface area contributed by atoms with Crippen LogP contribution in [0.3, 0.4) is 0 Å². The zero-order valence-corrected chi connectivity index (χ0v) is 12.8. The van der Waals surface area contributed by atoms with Crippen LogP contribution >= 0.6 is 0 Å². The van der Waals surface area contributed by atoms with Crippen molar-refractivity contribution in [2.45, 2.75) is 0 Å². The Hall–Kier alpha value is -3.31. The second-order valence-electron chi connectivity index (χ2n) is 5.11. The van der Waals surface area contributed by atoms with Crippen LogP contribution in [0.2, 0.25) is 0 Å². The zero-order valence-electron chi connectivity index (χ0n) is 12.8. The third kappa shape index (κ3) is 3.71. The molecule has 0 aliphatic carbocycles. The topological polar surface area (TPSA) is 75.1 Å². The lowest BCUT2D eigenvalue weighted by Gasteiger charge is -2.02. The fraction of sp³-hybridized carbons (Fsp3) is 0. The Morgan fingerprint density at radius 2 is 1.79 bits per heavy atom. The van der Waals surface area contributed by atoms with E-state index in [9.17, 15) is 4.79 Å². The van der Waals surface area contributed by atoms with E-state index >= 15 is 0 Å². The van der Waals surface area contributed by atoms with Gasteiger partial charge < -0.3 is 0 Å². The van der Waals surface area contributed by atoms with E-state index in [0.717, 1.165) is 22.4 Å². The van der Waals surface area contributed by atoms with Gasteiger partial charge in [0.1, 0.15) is 0 Å². The summed E-state index contributed by atoms with van der Waals surface area (Å²) in [5.41, 5.74) is 5.80. The number of hydroxylamine groups is 1. The summed E-state index contributed by atoms with van der Waals surface area (Å²) in [5.74, 6) is -0.527. The van der Waals surface area contributed by atoms with Gasteiger partial charge in [0.15, 0.2) is 0 Å². The molecule has 3 rings (SSSR count). The van der Waals surface area contributed by atoms with Crippen molar-refractivity contribution in [3.8, 4) is 11.3 Å². The molecular weight excluding hydrogens is 302 g/mol. The van der Waals surface area contributed by atoms with Crippen molar-refractivity contribution < 1.29 is 10.0 Å². The smallest absolute Gasteiger partial charge is 0.274 e. The first kappa shape index (κ1) is 15.6. The van der Waals surface area contributed by atoms with E-state index in [0.29, 0.717) is 5.56 Å². The normalized spacial score (nSPS) is 10.7. The summed E-state index contributed by atoms with van der Waals surface area (Å²) in [6.07, 6.45) is 9.19. The number of pyridine rings is 2. The summed E-state index contributed by atoms with van der Waals surface area (Å²) in [4.78, 5) is 19.8. The monoisotopic (exact) mass is 317 g/mol. The van der Waals surface area contributed by atoms with Gasteiger partial charge in [0, 0.05) is 29.7 Å². The zero-order chi connectivity index (χ0) is 16.8. The molecule has 3 aromatic rings. The molecule has 1 amide bonds. The molecule has 2 N–H and O–H groups in total. The van der Waals surface area contributed by atoms with Crippen molar-refractivity contribution in [3.63, 3.8) is 0 Å². The maximum Gasteiger partial charge on any atom is 0.274 e. The van der Waals surface area contributed by atoms with Crippen molar-refractivity contribution in [2.75, 3.05) is 0 Å². The minimum atomic E-state index is -0.527. The lowest BCUT2D eigenvalue weighted by Crippen LogP contribution is -2.18. The summed E-state index contributed by atoms with van der Waals surface area (Å²) >= 11 is 0. The average Bonchev–Trinajstić information content (AvgIpc) is 2.67. The Bertz CT molecular complexity index is 859. The standard InChI is InChI=1S/C19H15N3O2/c23-19(22-24)16-7-5-14(6-8-16)3-4-15-9-11-21-18(12-15)17-2-1-10-20-13-17/h1-13,24H,(H,22,23)/b4-3+. The predicted octanol–water partition coefficient (Wildman–Crippen LogP) is 3.43. The van der Waals surface area contributed by atoms with Crippen LogP contribution in [0.5, 0.6) is 0 Å². The van der Waals surface area contributed by atoms with Gasteiger partial charge in [-0.1, -0.05) is 24.3 Å². The Morgan fingerprint density at radius 1 is 1.00 bits per heavy atom. The molecule has 2 aromatic heterocycles. The van der Waals surface area contributed by atoms with Crippen LogP contribution in [-0.2, 0) is 0 Å². The minimum absolute atomic E-state index is 0.400. The Kier molecular flexibility index (Phi) is 4.74. The number of carbonyl (C=O) groups excluding carboxylic acids is 1. The molecule has 0 unspecified atom stereocenters. The number of nitrogens with one attached hydrogen (secondary N) is 1. The van der Waals surface area contributed by atoms with Crippen LogP contribution < -0.4 is 5.48 Å². The number of benzene rings is 1. The average molecular weight is 317 g/mol. The summed E-state index contributed by atoms with van der Waals surface area (Å²) in [5, 5.41) is 8.61. The van der Waals surface area contributed by atoms with Gasteiger partial charge in [-0.25, -0.2) is 5.48 Å². The molecule has 0 atom stereocenters. The van der Waals surface area contributed by atoms with E-state index < -0.39 is 5.91 Å². The fourth-order valence-corrected chi connectivity index (χ4v) is 2.23. The van der Waals surface area contributed by atoms with Gasteiger partial charge in [-0.3, -0.25) is 20.0 Å². The summed E-state index contributed by atoms with van der Waals surface area (Å²) < 4.78 is 0. The lowest BCUT2D eigenvalue weighted by molar-refractivity contribution is 0.0706. The molecule has 0 saturated carbocycles. The molecule has 0 saturated heterocycles. The number of hydrogen-bond acceptors (Lipinski definition) is 4. The van der Waals surface area contributed by atoms with E-state index in [4.69, 9.17) is 5.21 Å². The molecule has 0 aliphatic rings. The van der Waals surface area contributed by atoms with Crippen LogP contribution in [0.25, 0.3) is 23.4 Å². The molecule has 0 bridgehead atoms. The van der Waals surface area contributed by atoms with Gasteiger partial charge >= 0.3 is 0 Å². The van der Waals surface area contributed by atoms with Gasteiger partial charge in [0.2, 0.25) is 0 Å². The van der Waals surface area contributed by atoms with Gasteiger partial charge in [-0.2, -0.15) is 0 Å². The Balaban J connectivity index is 1.78. The van der Waals surface area contributed by atoms with Crippen LogP contribution in [0.15, 0.2) is 67.1 Å². The minimum Gasteiger partial charge on any atom is -0.288 e. The van der Waals surface area contributed by atoms with Crippen LogP contribution in [-0.4, -0.2) is 21.1 Å². The lowest BCUT2D eigenvalue weighted by atomic mass is 10.1. The highest BCUT2D eigenvalue weighted by Gasteiger charge is 2.02. The second kappa shape index (κ2) is 7.30. The van der Waals surface area contributed by atoms with Crippen LogP contribution in [0.1, 0.15) is 21.5 Å². The molecular formula is C19H15N3O2. The van der Waals surface area contributed by atoms with Gasteiger partial charge in [0.05, 0.1) is 5.69 Å². The maximum atomic E-state index is 11.3. The van der Waals surface area contributed by atoms with E-state index in [1.54, 1.807) is 36.2 Å². The van der Waals surface area contributed by atoms with Crippen molar-refractivity contribution in [1.82, 2.24) is 15.4 Å². The maximum absolute atomic E-state index is 11.3. The summed E-state index contributed by atoms with van der Waals surface area (Å²) in [7, 11) is 0. The number of nitrogens with zero attached hydrogens (tertiary/aromatic N) is 2. The number of amides is 1. The van der Waals surface area contributed by atoms with E-state index in [-0.39, 0.29) is 0 Å². The number of carbonyl (C=O) groups is 1. The third-order valence-electron chi connectivity index (χ3n) is 3.48. The van der Waals surface area contributed by atoms with Crippen molar-refractivity contribution in [3.05, 3.63) is 83.8 Å². The number of rotatable bonds is 4. The van der Waals surface area contributed by atoms with Crippen molar-refractivity contribution >= 4 is 18.1 Å². The first-order chi connectivity index (χ1) is 11.8. The van der Waals surface area contributed by atoms with Gasteiger partial charge in [-0.15, -0.1) is 0 Å². The molecule has 0 radical (unpaired) electrons. The molecule has 2 heterocycles. The van der Waals surface area contributed by atoms with Crippen LogP contribution in [0.4, 0.5) is 0 Å². The molecule has 5 heteroatoms. The van der Waals surface area contributed by atoms with Crippen molar-refractivity contribution in [1.29, 1.82) is 0 Å². The summed E-state index contributed by atoms with van der Waals surface area (Å²) in [6.45, 7) is 0. The fourth-order valence-electron chi connectivity index (χ4n) is 2.23. The van der Waals surface area contributed by atoms with Crippen LogP contribution in [0, 0.1) is 0 Å². The predicted molar refractivity (Wildman–Crippen MR) is 92.1 cm³/mol. The molecule has 24 heavy (non-hydrogen) atoms. The summed E-state index contributed by atoms with van der Waals surface area (Å²) in [6, 6.07) is 14.7. The number of aromatic nitrogens is 2. The Labute approximate surface area is 139 Å². The molecule has 1 aromatic carbocycles. The molecule has 0 spiro atoms. The van der Waals surface area contributed by atoms with Crippen molar-refractivity contribution in [2.24, 2.45) is 0 Å². The SMILES string of the molecule is O=C(NO)c1ccc(/C=C/c2ccnc(-c3cccnc3)c2)cc1. The van der Waals surface area contributed by atoms with E-state index in [2.05, 4.69) is 9.97 Å². The largest absolute Gasteiger partial charge is 0.288 e. The highest BCUT2D eigenvalue weighted by molar-refractivity contribution is 5.93. The second-order valence-corrected chi connectivity index (χ2v) is 5.11. The van der Waals surface area contributed by atoms with E-state index in [1.807, 2.05) is 48.6 Å². The quantitative estimate of drug-likeness (QED) is 0.571. The van der Waals surface area contributed by atoms with Gasteiger partial charge in [-0.05, 0) is 47.5 Å². The first-order valence-corrected chi connectivity index (χ1v) is 7.35. The van der Waals surface area contributed by atoms with Gasteiger partial charge in [0.25, 0.3) is 5.91 Å². The first-order valence-electron chi connectivity index (χ1n) is 7.35. The Morgan fingerprint density at radius 3 is 2.50 bits per heavy atom. The number of hydrogen-bond donors (Lipinski definition) is 2. The molecule has 5 nitrogen and oxygen atoms in total. The van der Waals surface area contributed by atoms with E-state index in [1.165, 1.54) is 0 Å². The molecule has 118 valence electrons. The third-order valence-corrected chi connectivity index (χ3v) is 3.48. The molecule has 0 aliphatic heterocycles. The molecule has 0 fully saturated rings. The highest BCUT2D eigenvalue weighted by Crippen LogP contribution is 2.18.